The van der Waals surface area contributed by atoms with Crippen LogP contribution in [-0.4, -0.2) is 54.0 Å². The maximum absolute atomic E-state index is 12.5. The summed E-state index contributed by atoms with van der Waals surface area (Å²) in [6, 6.07) is -1.33. The quantitative estimate of drug-likeness (QED) is 0.543. The van der Waals surface area contributed by atoms with E-state index in [4.69, 9.17) is 0 Å². The Balaban J connectivity index is 1.99. The summed E-state index contributed by atoms with van der Waals surface area (Å²) < 4.78 is 4.69. The Hall–Kier alpha value is -2.12. The third-order valence-corrected chi connectivity index (χ3v) is 4.53. The molecule has 1 aliphatic heterocycles. The topological polar surface area (TPSA) is 105 Å². The molecule has 0 aromatic heterocycles. The van der Waals surface area contributed by atoms with Gasteiger partial charge in [-0.15, -0.1) is 0 Å². The number of urea groups is 1. The number of amides is 4. The molecule has 1 spiro atoms. The van der Waals surface area contributed by atoms with E-state index in [9.17, 15) is 19.2 Å². The zero-order valence-electron chi connectivity index (χ0n) is 14.4. The first-order valence-corrected chi connectivity index (χ1v) is 8.30. The zero-order valence-corrected chi connectivity index (χ0v) is 14.4. The molecule has 24 heavy (non-hydrogen) atoms. The van der Waals surface area contributed by atoms with Gasteiger partial charge in [0.1, 0.15) is 18.1 Å². The molecule has 1 saturated heterocycles. The van der Waals surface area contributed by atoms with E-state index in [0.717, 1.165) is 17.7 Å². The van der Waals surface area contributed by atoms with Gasteiger partial charge in [-0.3, -0.25) is 14.5 Å². The van der Waals surface area contributed by atoms with Crippen molar-refractivity contribution in [2.45, 2.75) is 57.5 Å². The van der Waals surface area contributed by atoms with Crippen molar-refractivity contribution in [2.24, 2.45) is 5.92 Å². The second-order valence-electron chi connectivity index (χ2n) is 6.88. The molecule has 2 rings (SSSR count). The Morgan fingerprint density at radius 1 is 1.29 bits per heavy atom. The summed E-state index contributed by atoms with van der Waals surface area (Å²) in [6.07, 6.45) is 3.39. The Morgan fingerprint density at radius 3 is 2.46 bits per heavy atom. The van der Waals surface area contributed by atoms with Crippen molar-refractivity contribution >= 4 is 23.8 Å². The number of esters is 1. The minimum Gasteiger partial charge on any atom is -0.467 e. The number of rotatable bonds is 6. The lowest BCUT2D eigenvalue weighted by molar-refractivity contribution is -0.145. The minimum atomic E-state index is -0.836. The Kier molecular flexibility index (Phi) is 5.46. The normalized spacial score (nSPS) is 20.4. The van der Waals surface area contributed by atoms with Gasteiger partial charge in [-0.25, -0.2) is 9.59 Å². The van der Waals surface area contributed by atoms with Gasteiger partial charge < -0.3 is 15.4 Å². The predicted molar refractivity (Wildman–Crippen MR) is 84.8 cm³/mol. The maximum Gasteiger partial charge on any atom is 0.328 e. The van der Waals surface area contributed by atoms with Gasteiger partial charge in [0.05, 0.1) is 7.11 Å². The van der Waals surface area contributed by atoms with Gasteiger partial charge in [-0.05, 0) is 25.2 Å². The number of nitrogens with zero attached hydrogens (tertiary/aromatic N) is 1. The van der Waals surface area contributed by atoms with Crippen LogP contribution < -0.4 is 10.6 Å². The highest BCUT2D eigenvalue weighted by molar-refractivity contribution is 6.09. The summed E-state index contributed by atoms with van der Waals surface area (Å²) in [5.74, 6) is -1.27. The summed E-state index contributed by atoms with van der Waals surface area (Å²) >= 11 is 0. The summed E-state index contributed by atoms with van der Waals surface area (Å²) in [4.78, 5) is 49.5. The second-order valence-corrected chi connectivity index (χ2v) is 6.88. The molecule has 8 nitrogen and oxygen atoms in total. The van der Waals surface area contributed by atoms with Crippen molar-refractivity contribution in [3.05, 3.63) is 0 Å². The van der Waals surface area contributed by atoms with Gasteiger partial charge in [0.2, 0.25) is 5.91 Å². The van der Waals surface area contributed by atoms with E-state index >= 15 is 0 Å². The van der Waals surface area contributed by atoms with Crippen LogP contribution in [0.2, 0.25) is 0 Å². The summed E-state index contributed by atoms with van der Waals surface area (Å²) in [7, 11) is 1.25. The second kappa shape index (κ2) is 7.19. The molecule has 0 unspecified atom stereocenters. The van der Waals surface area contributed by atoms with E-state index in [1.54, 1.807) is 0 Å². The highest BCUT2D eigenvalue weighted by atomic mass is 16.5. The van der Waals surface area contributed by atoms with E-state index < -0.39 is 36.0 Å². The zero-order chi connectivity index (χ0) is 17.9. The molecule has 2 fully saturated rings. The minimum absolute atomic E-state index is 0.174. The van der Waals surface area contributed by atoms with E-state index in [1.807, 2.05) is 13.8 Å². The highest BCUT2D eigenvalue weighted by Crippen LogP contribution is 2.34. The molecule has 1 aliphatic carbocycles. The number of carbonyl (C=O) groups excluding carboxylic acids is 4. The van der Waals surface area contributed by atoms with Crippen LogP contribution in [0.5, 0.6) is 0 Å². The molecule has 0 bridgehead atoms. The van der Waals surface area contributed by atoms with Gasteiger partial charge >= 0.3 is 12.0 Å². The lowest BCUT2D eigenvalue weighted by atomic mass is 9.98. The molecule has 1 atom stereocenters. The van der Waals surface area contributed by atoms with Crippen molar-refractivity contribution in [2.75, 3.05) is 13.7 Å². The first-order valence-electron chi connectivity index (χ1n) is 8.30. The number of imide groups is 1. The molecule has 1 saturated carbocycles. The Labute approximate surface area is 141 Å². The smallest absolute Gasteiger partial charge is 0.328 e. The van der Waals surface area contributed by atoms with E-state index in [-0.39, 0.29) is 11.8 Å². The molecule has 1 heterocycles. The molecule has 0 radical (unpaired) electrons. The van der Waals surface area contributed by atoms with Crippen LogP contribution in [0.4, 0.5) is 4.79 Å². The monoisotopic (exact) mass is 339 g/mol. The van der Waals surface area contributed by atoms with Crippen LogP contribution >= 0.6 is 0 Å². The average Bonchev–Trinajstić information content (AvgIpc) is 3.07. The number of nitrogens with one attached hydrogen (secondary N) is 2. The van der Waals surface area contributed by atoms with Crippen molar-refractivity contribution < 1.29 is 23.9 Å². The molecule has 4 amide bonds. The summed E-state index contributed by atoms with van der Waals surface area (Å²) in [5, 5.41) is 5.28. The van der Waals surface area contributed by atoms with Crippen LogP contribution in [0.1, 0.15) is 46.0 Å². The van der Waals surface area contributed by atoms with E-state index in [2.05, 4.69) is 15.4 Å². The summed E-state index contributed by atoms with van der Waals surface area (Å²) in [6.45, 7) is 3.45. The van der Waals surface area contributed by atoms with Crippen LogP contribution in [0.25, 0.3) is 0 Å². The van der Waals surface area contributed by atoms with Gasteiger partial charge in [-0.2, -0.15) is 0 Å². The van der Waals surface area contributed by atoms with Crippen LogP contribution in [0.15, 0.2) is 0 Å². The first kappa shape index (κ1) is 18.2. The molecular weight excluding hydrogens is 314 g/mol. The van der Waals surface area contributed by atoms with Gasteiger partial charge in [0.25, 0.3) is 5.91 Å². The third-order valence-electron chi connectivity index (χ3n) is 4.53. The number of ether oxygens (including phenoxy) is 1. The lowest BCUT2D eigenvalue weighted by Crippen LogP contribution is -2.48. The number of carbonyl (C=O) groups is 4. The number of methoxy groups -OCH3 is 1. The van der Waals surface area contributed by atoms with Gasteiger partial charge in [0, 0.05) is 0 Å². The standard InChI is InChI=1S/C16H25N3O5/c1-10(2)8-11(13(21)24-3)17-12(20)9-19-14(22)16(18-15(19)23)6-4-5-7-16/h10-11H,4-9H2,1-3H3,(H,17,20)(H,18,23)/t11-/m1/s1. The molecule has 2 aliphatic rings. The third kappa shape index (κ3) is 3.68. The number of hydrogen-bond donors (Lipinski definition) is 2. The first-order chi connectivity index (χ1) is 11.3. The molecule has 0 aromatic rings. The van der Waals surface area contributed by atoms with Crippen LogP contribution in [0.3, 0.4) is 0 Å². The van der Waals surface area contributed by atoms with Gasteiger partial charge in [0.15, 0.2) is 0 Å². The predicted octanol–water partition coefficient (Wildman–Crippen LogP) is 0.555. The highest BCUT2D eigenvalue weighted by Gasteiger charge is 2.52. The molecule has 2 N–H and O–H groups in total. The summed E-state index contributed by atoms with van der Waals surface area (Å²) in [5.41, 5.74) is -0.836. The van der Waals surface area contributed by atoms with Crippen molar-refractivity contribution in [3.8, 4) is 0 Å². The largest absolute Gasteiger partial charge is 0.467 e. The lowest BCUT2D eigenvalue weighted by Gasteiger charge is -2.21. The van der Waals surface area contributed by atoms with Crippen molar-refractivity contribution in [1.82, 2.24) is 15.5 Å². The Morgan fingerprint density at radius 2 is 1.92 bits per heavy atom. The molecular formula is C16H25N3O5. The molecule has 0 aromatic carbocycles. The fourth-order valence-corrected chi connectivity index (χ4v) is 3.35. The SMILES string of the molecule is COC(=O)[C@@H](CC(C)C)NC(=O)CN1C(=O)NC2(CCCC2)C1=O. The maximum atomic E-state index is 12.5. The van der Waals surface area contributed by atoms with E-state index in [1.165, 1.54) is 7.11 Å². The fourth-order valence-electron chi connectivity index (χ4n) is 3.35. The number of hydrogen-bond acceptors (Lipinski definition) is 5. The Bertz CT molecular complexity index is 540. The van der Waals surface area contributed by atoms with Crippen LogP contribution in [-0.2, 0) is 19.1 Å². The molecule has 134 valence electrons. The fraction of sp³-hybridized carbons (Fsp3) is 0.750. The molecule has 8 heteroatoms. The van der Waals surface area contributed by atoms with Crippen molar-refractivity contribution in [3.63, 3.8) is 0 Å². The van der Waals surface area contributed by atoms with Crippen molar-refractivity contribution in [1.29, 1.82) is 0 Å². The average molecular weight is 339 g/mol. The van der Waals surface area contributed by atoms with E-state index in [0.29, 0.717) is 19.3 Å². The van der Waals surface area contributed by atoms with Crippen LogP contribution in [0, 0.1) is 5.92 Å². The van der Waals surface area contributed by atoms with Gasteiger partial charge in [-0.1, -0.05) is 26.7 Å².